The Labute approximate surface area is 154 Å². The molecule has 0 radical (unpaired) electrons. The van der Waals surface area contributed by atoms with Gasteiger partial charge in [-0.3, -0.25) is 9.79 Å². The standard InChI is InChI=1S/C20H27N5O/c1-14-4-3-5-17-15(12-23-19(14)17)8-9-22-20(21-2)24-10-11-25(16-6-7-16)18(26)13-24/h3-5,12,16,23H,6-11,13H2,1-2H3,(H,21,22). The van der Waals surface area contributed by atoms with Crippen molar-refractivity contribution >= 4 is 22.8 Å². The van der Waals surface area contributed by atoms with E-state index in [9.17, 15) is 4.79 Å². The number of H-pyrrole nitrogens is 1. The molecule has 2 aliphatic rings. The number of carbonyl (C=O) groups is 1. The zero-order valence-corrected chi connectivity index (χ0v) is 15.6. The third kappa shape index (κ3) is 3.28. The fourth-order valence-electron chi connectivity index (χ4n) is 3.85. The molecule has 2 aromatic rings. The number of carbonyl (C=O) groups excluding carboxylic acids is 1. The summed E-state index contributed by atoms with van der Waals surface area (Å²) in [6.07, 6.45) is 5.35. The molecule has 2 heterocycles. The molecule has 1 saturated carbocycles. The van der Waals surface area contributed by atoms with Crippen molar-refractivity contribution in [1.29, 1.82) is 0 Å². The van der Waals surface area contributed by atoms with E-state index < -0.39 is 0 Å². The monoisotopic (exact) mass is 353 g/mol. The van der Waals surface area contributed by atoms with Crippen LogP contribution in [0.4, 0.5) is 0 Å². The molecule has 1 saturated heterocycles. The number of fused-ring (bicyclic) bond motifs is 1. The maximum atomic E-state index is 12.3. The number of piperazine rings is 1. The molecule has 1 amide bonds. The number of nitrogens with one attached hydrogen (secondary N) is 2. The van der Waals surface area contributed by atoms with Gasteiger partial charge in [0.2, 0.25) is 5.91 Å². The van der Waals surface area contributed by atoms with Crippen molar-refractivity contribution in [3.05, 3.63) is 35.5 Å². The highest BCUT2D eigenvalue weighted by Crippen LogP contribution is 2.28. The normalized spacial score (nSPS) is 18.7. The summed E-state index contributed by atoms with van der Waals surface area (Å²) in [6, 6.07) is 6.90. The minimum absolute atomic E-state index is 0.230. The molecule has 4 rings (SSSR count). The molecule has 1 aromatic carbocycles. The number of nitrogens with zero attached hydrogens (tertiary/aromatic N) is 3. The average molecular weight is 353 g/mol. The highest BCUT2D eigenvalue weighted by molar-refractivity contribution is 5.88. The maximum absolute atomic E-state index is 12.3. The topological polar surface area (TPSA) is 63.7 Å². The molecule has 26 heavy (non-hydrogen) atoms. The zero-order chi connectivity index (χ0) is 18.1. The van der Waals surface area contributed by atoms with E-state index in [1.807, 2.05) is 4.90 Å². The van der Waals surface area contributed by atoms with Crippen molar-refractivity contribution in [2.75, 3.05) is 33.2 Å². The number of amides is 1. The highest BCUT2D eigenvalue weighted by Gasteiger charge is 2.36. The summed E-state index contributed by atoms with van der Waals surface area (Å²) < 4.78 is 0. The number of benzene rings is 1. The van der Waals surface area contributed by atoms with Crippen molar-refractivity contribution in [2.24, 2.45) is 4.99 Å². The van der Waals surface area contributed by atoms with E-state index in [0.29, 0.717) is 12.6 Å². The van der Waals surface area contributed by atoms with Crippen molar-refractivity contribution in [3.8, 4) is 0 Å². The minimum Gasteiger partial charge on any atom is -0.361 e. The fourth-order valence-corrected chi connectivity index (χ4v) is 3.85. The molecule has 0 bridgehead atoms. The van der Waals surface area contributed by atoms with Gasteiger partial charge in [-0.25, -0.2) is 0 Å². The Morgan fingerprint density at radius 1 is 1.35 bits per heavy atom. The number of rotatable bonds is 4. The number of aromatic amines is 1. The smallest absolute Gasteiger partial charge is 0.242 e. The van der Waals surface area contributed by atoms with Crippen molar-refractivity contribution in [2.45, 2.75) is 32.2 Å². The predicted molar refractivity (Wildman–Crippen MR) is 104 cm³/mol. The Morgan fingerprint density at radius 3 is 2.92 bits per heavy atom. The summed E-state index contributed by atoms with van der Waals surface area (Å²) in [5, 5.41) is 4.72. The van der Waals surface area contributed by atoms with Gasteiger partial charge in [0.15, 0.2) is 5.96 Å². The van der Waals surface area contributed by atoms with Crippen molar-refractivity contribution < 1.29 is 4.79 Å². The highest BCUT2D eigenvalue weighted by atomic mass is 16.2. The van der Waals surface area contributed by atoms with Gasteiger partial charge in [0.1, 0.15) is 0 Å². The van der Waals surface area contributed by atoms with Crippen LogP contribution in [0.1, 0.15) is 24.0 Å². The molecule has 6 heteroatoms. The van der Waals surface area contributed by atoms with Gasteiger partial charge in [0, 0.05) is 49.8 Å². The number of aromatic nitrogens is 1. The lowest BCUT2D eigenvalue weighted by Crippen LogP contribution is -2.55. The molecule has 138 valence electrons. The van der Waals surface area contributed by atoms with Crippen LogP contribution in [0, 0.1) is 6.92 Å². The number of aryl methyl sites for hydroxylation is 1. The fraction of sp³-hybridized carbons (Fsp3) is 0.500. The molecule has 0 unspecified atom stereocenters. The lowest BCUT2D eigenvalue weighted by molar-refractivity contribution is -0.135. The number of hydrogen-bond donors (Lipinski definition) is 2. The van der Waals surface area contributed by atoms with Gasteiger partial charge in [-0.15, -0.1) is 0 Å². The SMILES string of the molecule is CN=C(NCCc1c[nH]c2c(C)cccc12)N1CCN(C2CC2)C(=O)C1. The van der Waals surface area contributed by atoms with Gasteiger partial charge >= 0.3 is 0 Å². The van der Waals surface area contributed by atoms with E-state index >= 15 is 0 Å². The molecular weight excluding hydrogens is 326 g/mol. The summed E-state index contributed by atoms with van der Waals surface area (Å²) in [6.45, 7) is 5.02. The Balaban J connectivity index is 1.34. The largest absolute Gasteiger partial charge is 0.361 e. The van der Waals surface area contributed by atoms with E-state index in [4.69, 9.17) is 0 Å². The molecule has 6 nitrogen and oxygen atoms in total. The summed E-state index contributed by atoms with van der Waals surface area (Å²) in [5.41, 5.74) is 3.79. The van der Waals surface area contributed by atoms with E-state index in [0.717, 1.165) is 32.0 Å². The number of hydrogen-bond acceptors (Lipinski definition) is 2. The van der Waals surface area contributed by atoms with Crippen LogP contribution in [0.5, 0.6) is 0 Å². The van der Waals surface area contributed by atoms with E-state index in [2.05, 4.69) is 51.5 Å². The third-order valence-electron chi connectivity index (χ3n) is 5.44. The first-order valence-electron chi connectivity index (χ1n) is 9.48. The number of guanidine groups is 1. The van der Waals surface area contributed by atoms with Crippen LogP contribution in [-0.2, 0) is 11.2 Å². The lowest BCUT2D eigenvalue weighted by Gasteiger charge is -2.36. The Morgan fingerprint density at radius 2 is 2.19 bits per heavy atom. The zero-order valence-electron chi connectivity index (χ0n) is 15.6. The summed E-state index contributed by atoms with van der Waals surface area (Å²) in [4.78, 5) is 24.2. The van der Waals surface area contributed by atoms with E-state index in [1.54, 1.807) is 7.05 Å². The predicted octanol–water partition coefficient (Wildman–Crippen LogP) is 1.90. The lowest BCUT2D eigenvalue weighted by atomic mass is 10.1. The molecule has 1 aliphatic carbocycles. The van der Waals surface area contributed by atoms with Gasteiger partial charge in [0.05, 0.1) is 6.54 Å². The van der Waals surface area contributed by atoms with E-state index in [-0.39, 0.29) is 5.91 Å². The van der Waals surface area contributed by atoms with Gasteiger partial charge < -0.3 is 20.1 Å². The summed E-state index contributed by atoms with van der Waals surface area (Å²) >= 11 is 0. The van der Waals surface area contributed by atoms with Gasteiger partial charge in [0.25, 0.3) is 0 Å². The van der Waals surface area contributed by atoms with Gasteiger partial charge in [-0.05, 0) is 37.3 Å². The molecule has 1 aromatic heterocycles. The quantitative estimate of drug-likeness (QED) is 0.652. The molecule has 0 spiro atoms. The molecule has 1 aliphatic heterocycles. The second-order valence-electron chi connectivity index (χ2n) is 7.28. The molecule has 2 N–H and O–H groups in total. The third-order valence-corrected chi connectivity index (χ3v) is 5.44. The number of aliphatic imine (C=N–C) groups is 1. The van der Waals surface area contributed by atoms with Crippen molar-refractivity contribution in [3.63, 3.8) is 0 Å². The van der Waals surface area contributed by atoms with Crippen LogP contribution >= 0.6 is 0 Å². The Hall–Kier alpha value is -2.50. The van der Waals surface area contributed by atoms with Crippen LogP contribution in [0.2, 0.25) is 0 Å². The first-order valence-corrected chi connectivity index (χ1v) is 9.48. The van der Waals surface area contributed by atoms with Crippen molar-refractivity contribution in [1.82, 2.24) is 20.1 Å². The Kier molecular flexibility index (Phi) is 4.57. The summed E-state index contributed by atoms with van der Waals surface area (Å²) in [7, 11) is 1.79. The molecule has 0 atom stereocenters. The maximum Gasteiger partial charge on any atom is 0.242 e. The van der Waals surface area contributed by atoms with Crippen LogP contribution in [0.15, 0.2) is 29.4 Å². The molecule has 2 fully saturated rings. The van der Waals surface area contributed by atoms with Crippen LogP contribution in [0.25, 0.3) is 10.9 Å². The van der Waals surface area contributed by atoms with Crippen LogP contribution in [0.3, 0.4) is 0 Å². The second kappa shape index (κ2) is 7.02. The van der Waals surface area contributed by atoms with Gasteiger partial charge in [-0.2, -0.15) is 0 Å². The minimum atomic E-state index is 0.230. The van der Waals surface area contributed by atoms with Crippen LogP contribution < -0.4 is 5.32 Å². The average Bonchev–Trinajstić information content (AvgIpc) is 3.39. The summed E-state index contributed by atoms with van der Waals surface area (Å²) in [5.74, 6) is 1.05. The first kappa shape index (κ1) is 16.9. The van der Waals surface area contributed by atoms with Gasteiger partial charge in [-0.1, -0.05) is 18.2 Å². The first-order chi connectivity index (χ1) is 12.7. The number of para-hydroxylation sites is 1. The Bertz CT molecular complexity index is 836. The molecular formula is C20H27N5O. The van der Waals surface area contributed by atoms with E-state index in [1.165, 1.54) is 34.9 Å². The van der Waals surface area contributed by atoms with Crippen LogP contribution in [-0.4, -0.2) is 65.9 Å². The second-order valence-corrected chi connectivity index (χ2v) is 7.28.